The van der Waals surface area contributed by atoms with Gasteiger partial charge >= 0.3 is 0 Å². The second kappa shape index (κ2) is 7.22. The van der Waals surface area contributed by atoms with Crippen molar-refractivity contribution in [2.24, 2.45) is 5.73 Å². The molecule has 19 heavy (non-hydrogen) atoms. The van der Waals surface area contributed by atoms with Gasteiger partial charge in [0.1, 0.15) is 5.54 Å². The van der Waals surface area contributed by atoms with Crippen LogP contribution in [-0.2, 0) is 4.79 Å². The lowest BCUT2D eigenvalue weighted by molar-refractivity contribution is -0.124. The number of hydrogen-bond acceptors (Lipinski definition) is 4. The van der Waals surface area contributed by atoms with Crippen LogP contribution in [0, 0.1) is 0 Å². The van der Waals surface area contributed by atoms with Crippen molar-refractivity contribution in [2.75, 3.05) is 39.8 Å². The summed E-state index contributed by atoms with van der Waals surface area (Å²) in [5.41, 5.74) is 4.89. The van der Waals surface area contributed by atoms with Crippen molar-refractivity contribution in [1.82, 2.24) is 15.1 Å². The monoisotopic (exact) mass is 270 g/mol. The first-order valence-corrected chi connectivity index (χ1v) is 7.40. The van der Waals surface area contributed by atoms with Crippen molar-refractivity contribution in [1.29, 1.82) is 0 Å². The van der Waals surface area contributed by atoms with Crippen LogP contribution in [0.3, 0.4) is 0 Å². The van der Waals surface area contributed by atoms with E-state index in [1.54, 1.807) is 0 Å². The smallest absolute Gasteiger partial charge is 0.238 e. The van der Waals surface area contributed by atoms with Gasteiger partial charge < -0.3 is 16.0 Å². The molecule has 0 saturated carbocycles. The van der Waals surface area contributed by atoms with Crippen LogP contribution in [0.2, 0.25) is 0 Å². The maximum atomic E-state index is 11.6. The molecule has 1 aliphatic heterocycles. The second-order valence-electron chi connectivity index (χ2n) is 5.85. The second-order valence-corrected chi connectivity index (χ2v) is 5.85. The van der Waals surface area contributed by atoms with E-state index in [2.05, 4.69) is 29.1 Å². The predicted octanol–water partition coefficient (Wildman–Crippen LogP) is 0.256. The van der Waals surface area contributed by atoms with Crippen LogP contribution >= 0.6 is 0 Å². The number of amides is 1. The molecule has 2 atom stereocenters. The number of likely N-dealkylation sites (N-methyl/N-ethyl adjacent to an activating group) is 3. The van der Waals surface area contributed by atoms with E-state index in [9.17, 15) is 4.79 Å². The van der Waals surface area contributed by atoms with E-state index in [0.717, 1.165) is 19.6 Å². The van der Waals surface area contributed by atoms with Crippen molar-refractivity contribution >= 4 is 5.91 Å². The molecule has 1 fully saturated rings. The summed E-state index contributed by atoms with van der Waals surface area (Å²) in [6.07, 6.45) is 2.54. The van der Waals surface area contributed by atoms with Crippen LogP contribution in [-0.4, -0.2) is 67.1 Å². The molecule has 2 unspecified atom stereocenters. The lowest BCUT2D eigenvalue weighted by atomic mass is 10.0. The number of likely N-dealkylation sites (tertiary alicyclic amines) is 1. The van der Waals surface area contributed by atoms with Gasteiger partial charge in [-0.15, -0.1) is 0 Å². The number of nitrogens with two attached hydrogens (primary N) is 1. The van der Waals surface area contributed by atoms with Gasteiger partial charge in [-0.2, -0.15) is 0 Å². The SMILES string of the molecule is CCNC(C)(CN(C)CC1CCCN1CC)C(N)=O. The van der Waals surface area contributed by atoms with Gasteiger partial charge in [0, 0.05) is 19.1 Å². The predicted molar refractivity (Wildman–Crippen MR) is 79.0 cm³/mol. The van der Waals surface area contributed by atoms with E-state index in [1.165, 1.54) is 19.4 Å². The highest BCUT2D eigenvalue weighted by Crippen LogP contribution is 2.18. The van der Waals surface area contributed by atoms with Gasteiger partial charge in [-0.3, -0.25) is 9.69 Å². The molecule has 0 aromatic carbocycles. The summed E-state index contributed by atoms with van der Waals surface area (Å²) in [7, 11) is 2.07. The Kier molecular flexibility index (Phi) is 6.23. The minimum Gasteiger partial charge on any atom is -0.368 e. The van der Waals surface area contributed by atoms with E-state index >= 15 is 0 Å². The number of hydrogen-bond donors (Lipinski definition) is 2. The van der Waals surface area contributed by atoms with E-state index in [0.29, 0.717) is 12.6 Å². The lowest BCUT2D eigenvalue weighted by Gasteiger charge is -2.34. The van der Waals surface area contributed by atoms with Crippen LogP contribution in [0.1, 0.15) is 33.6 Å². The van der Waals surface area contributed by atoms with Gasteiger partial charge in [0.15, 0.2) is 0 Å². The summed E-state index contributed by atoms with van der Waals surface area (Å²) >= 11 is 0. The quantitative estimate of drug-likeness (QED) is 0.664. The van der Waals surface area contributed by atoms with E-state index in [4.69, 9.17) is 5.73 Å². The Hall–Kier alpha value is -0.650. The molecule has 112 valence electrons. The van der Waals surface area contributed by atoms with Crippen LogP contribution in [0.25, 0.3) is 0 Å². The fraction of sp³-hybridized carbons (Fsp3) is 0.929. The topological polar surface area (TPSA) is 61.6 Å². The van der Waals surface area contributed by atoms with Crippen molar-refractivity contribution in [3.8, 4) is 0 Å². The Labute approximate surface area is 117 Å². The van der Waals surface area contributed by atoms with Crippen LogP contribution < -0.4 is 11.1 Å². The van der Waals surface area contributed by atoms with E-state index in [1.807, 2.05) is 13.8 Å². The first kappa shape index (κ1) is 16.4. The molecular weight excluding hydrogens is 240 g/mol. The molecule has 1 saturated heterocycles. The fourth-order valence-electron chi connectivity index (χ4n) is 3.09. The Morgan fingerprint density at radius 1 is 1.53 bits per heavy atom. The molecule has 1 aliphatic rings. The molecule has 5 nitrogen and oxygen atoms in total. The number of nitrogens with one attached hydrogen (secondary N) is 1. The third-order valence-corrected chi connectivity index (χ3v) is 4.12. The fourth-order valence-corrected chi connectivity index (χ4v) is 3.09. The molecule has 1 heterocycles. The lowest BCUT2D eigenvalue weighted by Crippen LogP contribution is -2.59. The van der Waals surface area contributed by atoms with Crippen LogP contribution in [0.5, 0.6) is 0 Å². The third kappa shape index (κ3) is 4.44. The van der Waals surface area contributed by atoms with Crippen molar-refractivity contribution in [3.63, 3.8) is 0 Å². The minimum absolute atomic E-state index is 0.278. The number of carbonyl (C=O) groups is 1. The summed E-state index contributed by atoms with van der Waals surface area (Å²) in [6, 6.07) is 0.619. The summed E-state index contributed by atoms with van der Waals surface area (Å²) in [6.45, 7) is 10.8. The van der Waals surface area contributed by atoms with Gasteiger partial charge in [-0.25, -0.2) is 0 Å². The number of carbonyl (C=O) groups excluding carboxylic acids is 1. The summed E-state index contributed by atoms with van der Waals surface area (Å²) in [4.78, 5) is 16.4. The van der Waals surface area contributed by atoms with Gasteiger partial charge in [-0.05, 0) is 46.4 Å². The number of primary amides is 1. The van der Waals surface area contributed by atoms with Gasteiger partial charge in [-0.1, -0.05) is 13.8 Å². The highest BCUT2D eigenvalue weighted by molar-refractivity contribution is 5.84. The molecule has 0 aromatic heterocycles. The van der Waals surface area contributed by atoms with Crippen molar-refractivity contribution in [2.45, 2.75) is 45.2 Å². The molecule has 0 bridgehead atoms. The largest absolute Gasteiger partial charge is 0.368 e. The molecule has 0 aliphatic carbocycles. The van der Waals surface area contributed by atoms with E-state index in [-0.39, 0.29) is 5.91 Å². The maximum absolute atomic E-state index is 11.6. The first-order chi connectivity index (χ1) is 8.92. The molecular formula is C14H30N4O. The standard InChI is InChI=1S/C14H30N4O/c1-5-16-14(3,13(15)19)11-17(4)10-12-8-7-9-18(12)6-2/h12,16H,5-11H2,1-4H3,(H2,15,19). The van der Waals surface area contributed by atoms with Crippen LogP contribution in [0.15, 0.2) is 0 Å². The first-order valence-electron chi connectivity index (χ1n) is 7.40. The molecule has 1 rings (SSSR count). The molecule has 3 N–H and O–H groups in total. The Morgan fingerprint density at radius 3 is 2.74 bits per heavy atom. The van der Waals surface area contributed by atoms with Gasteiger partial charge in [0.2, 0.25) is 5.91 Å². The Morgan fingerprint density at radius 2 is 2.21 bits per heavy atom. The third-order valence-electron chi connectivity index (χ3n) is 4.12. The van der Waals surface area contributed by atoms with Gasteiger partial charge in [0.25, 0.3) is 0 Å². The van der Waals surface area contributed by atoms with Gasteiger partial charge in [0.05, 0.1) is 0 Å². The molecule has 0 radical (unpaired) electrons. The molecule has 1 amide bonds. The molecule has 5 heteroatoms. The van der Waals surface area contributed by atoms with Crippen molar-refractivity contribution in [3.05, 3.63) is 0 Å². The highest BCUT2D eigenvalue weighted by Gasteiger charge is 2.33. The van der Waals surface area contributed by atoms with E-state index < -0.39 is 5.54 Å². The average molecular weight is 270 g/mol. The number of rotatable bonds is 8. The van der Waals surface area contributed by atoms with Crippen molar-refractivity contribution < 1.29 is 4.79 Å². The zero-order valence-electron chi connectivity index (χ0n) is 12.9. The molecule has 0 spiro atoms. The average Bonchev–Trinajstić information content (AvgIpc) is 2.75. The summed E-state index contributed by atoms with van der Waals surface area (Å²) in [5.74, 6) is -0.278. The normalized spacial score (nSPS) is 23.7. The zero-order valence-corrected chi connectivity index (χ0v) is 12.9. The molecule has 0 aromatic rings. The number of nitrogens with zero attached hydrogens (tertiary/aromatic N) is 2. The summed E-state index contributed by atoms with van der Waals surface area (Å²) < 4.78 is 0. The highest BCUT2D eigenvalue weighted by atomic mass is 16.1. The zero-order chi connectivity index (χ0) is 14.5. The van der Waals surface area contributed by atoms with Crippen LogP contribution in [0.4, 0.5) is 0 Å². The summed E-state index contributed by atoms with van der Waals surface area (Å²) in [5, 5.41) is 3.21. The Bertz CT molecular complexity index is 297. The Balaban J connectivity index is 2.53. The maximum Gasteiger partial charge on any atom is 0.238 e. The minimum atomic E-state index is -0.640.